The van der Waals surface area contributed by atoms with Crippen molar-refractivity contribution in [1.82, 2.24) is 10.3 Å². The highest BCUT2D eigenvalue weighted by Crippen LogP contribution is 2.26. The van der Waals surface area contributed by atoms with E-state index in [1.54, 1.807) is 25.5 Å². The van der Waals surface area contributed by atoms with Crippen molar-refractivity contribution in [1.29, 1.82) is 0 Å². The lowest BCUT2D eigenvalue weighted by Gasteiger charge is -2.18. The average molecular weight is 327 g/mol. The molecule has 100 valence electrons. The van der Waals surface area contributed by atoms with Gasteiger partial charge in [0.1, 0.15) is 11.6 Å². The van der Waals surface area contributed by atoms with Gasteiger partial charge in [0.2, 0.25) is 0 Å². The minimum atomic E-state index is -0.560. The molecule has 0 saturated carbocycles. The molecule has 1 N–H and O–H groups in total. The number of hydrogen-bond donors (Lipinski definition) is 1. The van der Waals surface area contributed by atoms with Crippen molar-refractivity contribution in [3.05, 3.63) is 63.9 Å². The molecule has 1 atom stereocenters. The Hall–Kier alpha value is -1.33. The van der Waals surface area contributed by atoms with Gasteiger partial charge in [-0.2, -0.15) is 0 Å². The zero-order valence-corrected chi connectivity index (χ0v) is 11.9. The lowest BCUT2D eigenvalue weighted by molar-refractivity contribution is 0.488. The highest BCUT2D eigenvalue weighted by molar-refractivity contribution is 9.10. The van der Waals surface area contributed by atoms with E-state index in [1.807, 2.05) is 6.07 Å². The maximum Gasteiger partial charge on any atom is 0.132 e. The molecule has 0 aliphatic heterocycles. The van der Waals surface area contributed by atoms with Crippen LogP contribution in [-0.2, 0) is 6.42 Å². The topological polar surface area (TPSA) is 24.9 Å². The third-order valence-electron chi connectivity index (χ3n) is 2.90. The summed E-state index contributed by atoms with van der Waals surface area (Å²) < 4.78 is 28.2. The van der Waals surface area contributed by atoms with Crippen LogP contribution in [0.5, 0.6) is 0 Å². The predicted molar refractivity (Wildman–Crippen MR) is 73.8 cm³/mol. The molecular formula is C14H13BrF2N2. The van der Waals surface area contributed by atoms with Gasteiger partial charge in [-0.1, -0.05) is 22.0 Å². The third-order valence-corrected chi connectivity index (χ3v) is 3.36. The second kappa shape index (κ2) is 6.21. The van der Waals surface area contributed by atoms with Gasteiger partial charge in [-0.25, -0.2) is 8.78 Å². The summed E-state index contributed by atoms with van der Waals surface area (Å²) in [6.45, 7) is 0. The van der Waals surface area contributed by atoms with Crippen LogP contribution in [0, 0.1) is 11.6 Å². The number of rotatable bonds is 4. The van der Waals surface area contributed by atoms with Crippen LogP contribution < -0.4 is 5.32 Å². The second-order valence-electron chi connectivity index (χ2n) is 4.19. The Morgan fingerprint density at radius 3 is 2.53 bits per heavy atom. The fraction of sp³-hybridized carbons (Fsp3) is 0.214. The molecule has 2 aromatic rings. The van der Waals surface area contributed by atoms with E-state index >= 15 is 0 Å². The van der Waals surface area contributed by atoms with E-state index in [-0.39, 0.29) is 5.56 Å². The van der Waals surface area contributed by atoms with Crippen molar-refractivity contribution >= 4 is 15.9 Å². The molecule has 0 aliphatic rings. The maximum absolute atomic E-state index is 13.9. The van der Waals surface area contributed by atoms with Gasteiger partial charge in [-0.3, -0.25) is 4.98 Å². The first-order valence-electron chi connectivity index (χ1n) is 5.82. The van der Waals surface area contributed by atoms with Crippen LogP contribution in [0.25, 0.3) is 0 Å². The van der Waals surface area contributed by atoms with E-state index in [2.05, 4.69) is 26.2 Å². The van der Waals surface area contributed by atoms with Gasteiger partial charge in [-0.05, 0) is 37.2 Å². The predicted octanol–water partition coefficient (Wildman–Crippen LogP) is 3.63. The van der Waals surface area contributed by atoms with E-state index in [0.29, 0.717) is 10.9 Å². The van der Waals surface area contributed by atoms with E-state index in [9.17, 15) is 8.78 Å². The molecule has 1 heterocycles. The van der Waals surface area contributed by atoms with Gasteiger partial charge in [-0.15, -0.1) is 0 Å². The van der Waals surface area contributed by atoms with Gasteiger partial charge in [0.15, 0.2) is 0 Å². The lowest BCUT2D eigenvalue weighted by Crippen LogP contribution is -2.21. The molecular weight excluding hydrogens is 314 g/mol. The summed E-state index contributed by atoms with van der Waals surface area (Å²) in [6.07, 6.45) is 3.83. The summed E-state index contributed by atoms with van der Waals surface area (Å²) >= 11 is 3.07. The molecule has 0 fully saturated rings. The van der Waals surface area contributed by atoms with Crippen LogP contribution in [0.15, 0.2) is 41.1 Å². The average Bonchev–Trinajstić information content (AvgIpc) is 2.37. The summed E-state index contributed by atoms with van der Waals surface area (Å²) in [6, 6.07) is 5.79. The SMILES string of the molecule is CNC(Cc1cccnc1)c1c(F)cc(Br)cc1F. The smallest absolute Gasteiger partial charge is 0.132 e. The molecule has 1 unspecified atom stereocenters. The number of aromatic nitrogens is 1. The molecule has 19 heavy (non-hydrogen) atoms. The highest BCUT2D eigenvalue weighted by Gasteiger charge is 2.20. The molecule has 2 nitrogen and oxygen atoms in total. The Bertz CT molecular complexity index is 538. The zero-order valence-electron chi connectivity index (χ0n) is 10.3. The normalized spacial score (nSPS) is 12.4. The van der Waals surface area contributed by atoms with Crippen molar-refractivity contribution < 1.29 is 8.78 Å². The lowest BCUT2D eigenvalue weighted by atomic mass is 9.99. The molecule has 5 heteroatoms. The van der Waals surface area contributed by atoms with Gasteiger partial charge < -0.3 is 5.32 Å². The van der Waals surface area contributed by atoms with Crippen LogP contribution in [0.1, 0.15) is 17.2 Å². The number of pyridine rings is 1. The summed E-state index contributed by atoms with van der Waals surface area (Å²) in [4.78, 5) is 4.00. The second-order valence-corrected chi connectivity index (χ2v) is 5.11. The van der Waals surface area contributed by atoms with Crippen molar-refractivity contribution in [3.8, 4) is 0 Å². The zero-order chi connectivity index (χ0) is 13.8. The number of hydrogen-bond acceptors (Lipinski definition) is 2. The standard InChI is InChI=1S/C14H13BrF2N2/c1-18-13(5-9-3-2-4-19-8-9)14-11(16)6-10(15)7-12(14)17/h2-4,6-8,13,18H,5H2,1H3. The Morgan fingerprint density at radius 2 is 2.00 bits per heavy atom. The highest BCUT2D eigenvalue weighted by atomic mass is 79.9. The van der Waals surface area contributed by atoms with E-state index in [4.69, 9.17) is 0 Å². The summed E-state index contributed by atoms with van der Waals surface area (Å²) in [5.41, 5.74) is 0.970. The number of benzene rings is 1. The van der Waals surface area contributed by atoms with Gasteiger partial charge in [0.25, 0.3) is 0 Å². The minimum absolute atomic E-state index is 0.0505. The molecule has 0 saturated heterocycles. The first kappa shape index (κ1) is 14.1. The Morgan fingerprint density at radius 1 is 1.32 bits per heavy atom. The third kappa shape index (κ3) is 3.36. The molecule has 2 rings (SSSR count). The first-order chi connectivity index (χ1) is 9.11. The van der Waals surface area contributed by atoms with Crippen molar-refractivity contribution in [2.75, 3.05) is 7.05 Å². The monoisotopic (exact) mass is 326 g/mol. The first-order valence-corrected chi connectivity index (χ1v) is 6.61. The molecule has 0 aliphatic carbocycles. The molecule has 0 radical (unpaired) electrons. The molecule has 0 amide bonds. The van der Waals surface area contributed by atoms with Gasteiger partial charge >= 0.3 is 0 Å². The summed E-state index contributed by atoms with van der Waals surface area (Å²) in [5.74, 6) is -1.12. The molecule has 0 spiro atoms. The summed E-state index contributed by atoms with van der Waals surface area (Å²) in [5, 5.41) is 2.94. The van der Waals surface area contributed by atoms with E-state index in [0.717, 1.165) is 5.56 Å². The van der Waals surface area contributed by atoms with Crippen LogP contribution >= 0.6 is 15.9 Å². The van der Waals surface area contributed by atoms with Crippen molar-refractivity contribution in [2.24, 2.45) is 0 Å². The Balaban J connectivity index is 2.32. The fourth-order valence-corrected chi connectivity index (χ4v) is 2.39. The van der Waals surface area contributed by atoms with Gasteiger partial charge in [0.05, 0.1) is 0 Å². The largest absolute Gasteiger partial charge is 0.313 e. The number of nitrogens with zero attached hydrogens (tertiary/aromatic N) is 1. The van der Waals surface area contributed by atoms with Crippen LogP contribution in [0.4, 0.5) is 8.78 Å². The molecule has 0 bridgehead atoms. The Kier molecular flexibility index (Phi) is 4.61. The minimum Gasteiger partial charge on any atom is -0.313 e. The maximum atomic E-state index is 13.9. The molecule has 1 aromatic heterocycles. The van der Waals surface area contributed by atoms with E-state index < -0.39 is 17.7 Å². The van der Waals surface area contributed by atoms with Crippen molar-refractivity contribution in [3.63, 3.8) is 0 Å². The Labute approximate surface area is 119 Å². The number of halogens is 3. The number of nitrogens with one attached hydrogen (secondary N) is 1. The van der Waals surface area contributed by atoms with Crippen LogP contribution in [0.2, 0.25) is 0 Å². The van der Waals surface area contributed by atoms with Crippen LogP contribution in [0.3, 0.4) is 0 Å². The van der Waals surface area contributed by atoms with Gasteiger partial charge in [0, 0.05) is 28.5 Å². The fourth-order valence-electron chi connectivity index (χ4n) is 1.99. The van der Waals surface area contributed by atoms with Crippen molar-refractivity contribution in [2.45, 2.75) is 12.5 Å². The number of likely N-dealkylation sites (N-methyl/N-ethyl adjacent to an activating group) is 1. The summed E-state index contributed by atoms with van der Waals surface area (Å²) in [7, 11) is 1.68. The quantitative estimate of drug-likeness (QED) is 0.928. The molecule has 1 aromatic carbocycles. The van der Waals surface area contributed by atoms with Crippen LogP contribution in [-0.4, -0.2) is 12.0 Å². The van der Waals surface area contributed by atoms with E-state index in [1.165, 1.54) is 12.1 Å².